The van der Waals surface area contributed by atoms with Gasteiger partial charge in [0, 0.05) is 17.6 Å². The number of aryl methyl sites for hydroxylation is 1. The maximum atomic E-state index is 14.3. The number of halogens is 2. The van der Waals surface area contributed by atoms with Gasteiger partial charge in [-0.15, -0.1) is 0 Å². The molecule has 28 heavy (non-hydrogen) atoms. The van der Waals surface area contributed by atoms with E-state index in [9.17, 15) is 13.6 Å². The zero-order chi connectivity index (χ0) is 19.9. The minimum Gasteiger partial charge on any atom is -0.307 e. The van der Waals surface area contributed by atoms with Crippen LogP contribution in [0.4, 0.5) is 14.5 Å². The lowest BCUT2D eigenvalue weighted by molar-refractivity contribution is 0.0968. The maximum absolute atomic E-state index is 14.3. The first-order chi connectivity index (χ1) is 13.4. The fourth-order valence-electron chi connectivity index (χ4n) is 4.75. The molecule has 2 aliphatic heterocycles. The molecule has 0 unspecified atom stereocenters. The Morgan fingerprint density at radius 2 is 1.79 bits per heavy atom. The Bertz CT molecular complexity index is 883. The molecule has 0 aromatic heterocycles. The summed E-state index contributed by atoms with van der Waals surface area (Å²) in [5.41, 5.74) is 2.48. The van der Waals surface area contributed by atoms with Crippen molar-refractivity contribution < 1.29 is 13.6 Å². The summed E-state index contributed by atoms with van der Waals surface area (Å²) >= 11 is 0. The Labute approximate surface area is 165 Å². The molecule has 148 valence electrons. The highest BCUT2D eigenvalue weighted by molar-refractivity contribution is 6.08. The summed E-state index contributed by atoms with van der Waals surface area (Å²) < 4.78 is 28.5. The summed E-state index contributed by atoms with van der Waals surface area (Å²) in [5.74, 6) is -2.21. The normalized spacial score (nSPS) is 18.5. The van der Waals surface area contributed by atoms with Gasteiger partial charge >= 0.3 is 0 Å². The second-order valence-corrected chi connectivity index (χ2v) is 8.13. The van der Waals surface area contributed by atoms with Crippen LogP contribution in [-0.4, -0.2) is 37.0 Å². The SMILES string of the molecule is CCCN1CCC2(CC1)CN(C(=O)c1c(F)cccc1F)c1ccc(C)cc12. The van der Waals surface area contributed by atoms with Crippen molar-refractivity contribution in [1.29, 1.82) is 0 Å². The monoisotopic (exact) mass is 384 g/mol. The molecule has 1 fully saturated rings. The van der Waals surface area contributed by atoms with E-state index in [-0.39, 0.29) is 5.41 Å². The lowest BCUT2D eigenvalue weighted by Crippen LogP contribution is -2.46. The zero-order valence-corrected chi connectivity index (χ0v) is 16.5. The van der Waals surface area contributed by atoms with Gasteiger partial charge in [-0.2, -0.15) is 0 Å². The largest absolute Gasteiger partial charge is 0.307 e. The van der Waals surface area contributed by atoms with Crippen LogP contribution in [0.25, 0.3) is 0 Å². The molecule has 2 aliphatic rings. The third-order valence-electron chi connectivity index (χ3n) is 6.25. The summed E-state index contributed by atoms with van der Waals surface area (Å²) in [6, 6.07) is 9.60. The average molecular weight is 384 g/mol. The van der Waals surface area contributed by atoms with E-state index in [0.29, 0.717) is 6.54 Å². The summed E-state index contributed by atoms with van der Waals surface area (Å²) in [4.78, 5) is 17.2. The third-order valence-corrected chi connectivity index (χ3v) is 6.25. The van der Waals surface area contributed by atoms with Crippen LogP contribution in [0.3, 0.4) is 0 Å². The molecule has 0 bridgehead atoms. The fraction of sp³-hybridized carbons (Fsp3) is 0.435. The number of carbonyl (C=O) groups is 1. The highest BCUT2D eigenvalue weighted by atomic mass is 19.1. The van der Waals surface area contributed by atoms with Crippen LogP contribution in [0, 0.1) is 18.6 Å². The van der Waals surface area contributed by atoms with Gasteiger partial charge in [-0.1, -0.05) is 30.7 Å². The third kappa shape index (κ3) is 3.12. The van der Waals surface area contributed by atoms with Crippen molar-refractivity contribution in [1.82, 2.24) is 4.90 Å². The van der Waals surface area contributed by atoms with Gasteiger partial charge < -0.3 is 9.80 Å². The summed E-state index contributed by atoms with van der Waals surface area (Å²) in [6.07, 6.45) is 3.03. The minimum absolute atomic E-state index is 0.136. The molecule has 2 aromatic rings. The highest BCUT2D eigenvalue weighted by Crippen LogP contribution is 2.48. The standard InChI is InChI=1S/C23H26F2N2O/c1-3-11-26-12-9-23(10-13-26)15-27(20-8-7-16(2)14-17(20)23)22(28)21-18(24)5-4-6-19(21)25/h4-8,14H,3,9-13,15H2,1-2H3. The van der Waals surface area contributed by atoms with E-state index in [1.165, 1.54) is 6.07 Å². The van der Waals surface area contributed by atoms with E-state index in [0.717, 1.165) is 67.8 Å². The van der Waals surface area contributed by atoms with Gasteiger partial charge in [-0.3, -0.25) is 4.79 Å². The number of likely N-dealkylation sites (tertiary alicyclic amines) is 1. The van der Waals surface area contributed by atoms with Crippen LogP contribution >= 0.6 is 0 Å². The van der Waals surface area contributed by atoms with Gasteiger partial charge in [-0.25, -0.2) is 8.78 Å². The van der Waals surface area contributed by atoms with Gasteiger partial charge in [0.25, 0.3) is 5.91 Å². The predicted molar refractivity (Wildman–Crippen MR) is 107 cm³/mol. The van der Waals surface area contributed by atoms with Crippen molar-refractivity contribution in [3.05, 3.63) is 64.7 Å². The molecular weight excluding hydrogens is 358 g/mol. The Morgan fingerprint density at radius 1 is 1.11 bits per heavy atom. The summed E-state index contributed by atoms with van der Waals surface area (Å²) in [7, 11) is 0. The Kier molecular flexibility index (Phi) is 4.96. The molecule has 3 nitrogen and oxygen atoms in total. The number of piperidine rings is 1. The first-order valence-electron chi connectivity index (χ1n) is 10.0. The molecule has 1 spiro atoms. The number of carbonyl (C=O) groups excluding carboxylic acids is 1. The van der Waals surface area contributed by atoms with Gasteiger partial charge in [0.05, 0.1) is 0 Å². The molecule has 0 atom stereocenters. The van der Waals surface area contributed by atoms with Crippen LogP contribution in [0.15, 0.2) is 36.4 Å². The quantitative estimate of drug-likeness (QED) is 0.767. The van der Waals surface area contributed by atoms with Gasteiger partial charge in [0.15, 0.2) is 0 Å². The van der Waals surface area contributed by atoms with Crippen molar-refractivity contribution >= 4 is 11.6 Å². The fourth-order valence-corrected chi connectivity index (χ4v) is 4.75. The van der Waals surface area contributed by atoms with Crippen LogP contribution in [0.1, 0.15) is 47.7 Å². The van der Waals surface area contributed by atoms with Gasteiger partial charge in [0.1, 0.15) is 17.2 Å². The molecule has 2 aromatic carbocycles. The van der Waals surface area contributed by atoms with E-state index in [4.69, 9.17) is 0 Å². The molecule has 2 heterocycles. The van der Waals surface area contributed by atoms with Crippen LogP contribution < -0.4 is 4.90 Å². The molecule has 1 amide bonds. The lowest BCUT2D eigenvalue weighted by atomic mass is 9.74. The summed E-state index contributed by atoms with van der Waals surface area (Å²) in [6.45, 7) is 7.76. The number of hydrogen-bond acceptors (Lipinski definition) is 2. The van der Waals surface area contributed by atoms with Crippen molar-refractivity contribution in [3.8, 4) is 0 Å². The number of rotatable bonds is 3. The first-order valence-corrected chi connectivity index (χ1v) is 10.0. The zero-order valence-electron chi connectivity index (χ0n) is 16.5. The Balaban J connectivity index is 1.71. The number of benzene rings is 2. The number of hydrogen-bond donors (Lipinski definition) is 0. The van der Waals surface area contributed by atoms with Crippen molar-refractivity contribution in [2.24, 2.45) is 0 Å². The van der Waals surface area contributed by atoms with Crippen LogP contribution in [-0.2, 0) is 5.41 Å². The Morgan fingerprint density at radius 3 is 2.43 bits per heavy atom. The second-order valence-electron chi connectivity index (χ2n) is 8.13. The highest BCUT2D eigenvalue weighted by Gasteiger charge is 2.46. The molecule has 0 aliphatic carbocycles. The minimum atomic E-state index is -0.808. The average Bonchev–Trinajstić information content (AvgIpc) is 2.97. The second kappa shape index (κ2) is 7.28. The topological polar surface area (TPSA) is 23.6 Å². The Hall–Kier alpha value is -2.27. The lowest BCUT2D eigenvalue weighted by Gasteiger charge is -2.40. The van der Waals surface area contributed by atoms with Gasteiger partial charge in [-0.05, 0) is 69.6 Å². The molecule has 5 heteroatoms. The van der Waals surface area contributed by atoms with E-state index < -0.39 is 23.1 Å². The number of amides is 1. The van der Waals surface area contributed by atoms with Crippen molar-refractivity contribution in [3.63, 3.8) is 0 Å². The first kappa shape index (κ1) is 19.1. The smallest absolute Gasteiger partial charge is 0.264 e. The molecule has 0 N–H and O–H groups in total. The van der Waals surface area contributed by atoms with Crippen LogP contribution in [0.2, 0.25) is 0 Å². The summed E-state index contributed by atoms with van der Waals surface area (Å²) in [5, 5.41) is 0. The number of anilines is 1. The molecular formula is C23H26F2N2O. The van der Waals surface area contributed by atoms with E-state index in [1.807, 2.05) is 19.1 Å². The van der Waals surface area contributed by atoms with Crippen molar-refractivity contribution in [2.75, 3.05) is 31.1 Å². The molecule has 1 saturated heterocycles. The molecule has 4 rings (SSSR count). The van der Waals surface area contributed by atoms with E-state index in [1.54, 1.807) is 4.90 Å². The molecule has 0 radical (unpaired) electrons. The number of nitrogens with zero attached hydrogens (tertiary/aromatic N) is 2. The maximum Gasteiger partial charge on any atom is 0.264 e. The van der Waals surface area contributed by atoms with Crippen molar-refractivity contribution in [2.45, 2.75) is 38.5 Å². The molecule has 0 saturated carbocycles. The van der Waals surface area contributed by atoms with Crippen LogP contribution in [0.5, 0.6) is 0 Å². The van der Waals surface area contributed by atoms with Gasteiger partial charge in [0.2, 0.25) is 0 Å². The predicted octanol–water partition coefficient (Wildman–Crippen LogP) is 4.68. The van der Waals surface area contributed by atoms with E-state index >= 15 is 0 Å². The number of fused-ring (bicyclic) bond motifs is 2. The van der Waals surface area contributed by atoms with E-state index in [2.05, 4.69) is 17.9 Å².